The van der Waals surface area contributed by atoms with Gasteiger partial charge in [-0.3, -0.25) is 4.79 Å². The second-order valence-electron chi connectivity index (χ2n) is 6.43. The first-order valence-electron chi connectivity index (χ1n) is 8.81. The van der Waals surface area contributed by atoms with E-state index >= 15 is 0 Å². The Kier molecular flexibility index (Phi) is 7.24. The molecule has 0 spiro atoms. The summed E-state index contributed by atoms with van der Waals surface area (Å²) in [7, 11) is -3.15. The normalized spacial score (nSPS) is 17.4. The molecule has 0 aromatic heterocycles. The van der Waals surface area contributed by atoms with Crippen LogP contribution in [0.15, 0.2) is 30.3 Å². The van der Waals surface area contributed by atoms with Gasteiger partial charge >= 0.3 is 0 Å². The number of amides is 1. The molecule has 1 aromatic rings. The number of rotatable bonds is 8. The van der Waals surface area contributed by atoms with E-state index in [0.717, 1.165) is 24.8 Å². The Morgan fingerprint density at radius 2 is 1.79 bits per heavy atom. The van der Waals surface area contributed by atoms with Gasteiger partial charge in [0, 0.05) is 19.5 Å². The first-order valence-corrected chi connectivity index (χ1v) is 10.4. The van der Waals surface area contributed by atoms with Crippen molar-refractivity contribution < 1.29 is 13.2 Å². The van der Waals surface area contributed by atoms with E-state index in [9.17, 15) is 13.2 Å². The van der Waals surface area contributed by atoms with Gasteiger partial charge in [0.2, 0.25) is 15.9 Å². The molecule has 1 amide bonds. The Labute approximate surface area is 145 Å². The van der Waals surface area contributed by atoms with E-state index in [4.69, 9.17) is 0 Å². The van der Waals surface area contributed by atoms with Crippen LogP contribution in [-0.4, -0.2) is 37.5 Å². The van der Waals surface area contributed by atoms with Crippen molar-refractivity contribution in [3.05, 3.63) is 35.9 Å². The van der Waals surface area contributed by atoms with Crippen molar-refractivity contribution >= 4 is 15.9 Å². The standard InChI is InChI=1S/C18H28N2O3S/c1-16(17-10-4-2-5-11-17)19-18(21)12-6-9-15-24(22,23)20-13-7-3-8-14-20/h2,4-5,10-11,16H,3,6-9,12-15H2,1H3,(H,19,21). The summed E-state index contributed by atoms with van der Waals surface area (Å²) in [5.74, 6) is 0.121. The van der Waals surface area contributed by atoms with Crippen LogP contribution in [0.25, 0.3) is 0 Å². The quantitative estimate of drug-likeness (QED) is 0.732. The van der Waals surface area contributed by atoms with Crippen molar-refractivity contribution in [1.29, 1.82) is 0 Å². The predicted octanol–water partition coefficient (Wildman–Crippen LogP) is 2.85. The summed E-state index contributed by atoms with van der Waals surface area (Å²) >= 11 is 0. The lowest BCUT2D eigenvalue weighted by molar-refractivity contribution is -0.121. The highest BCUT2D eigenvalue weighted by Gasteiger charge is 2.23. The van der Waals surface area contributed by atoms with Gasteiger partial charge in [0.25, 0.3) is 0 Å². The molecule has 6 heteroatoms. The second-order valence-corrected chi connectivity index (χ2v) is 8.52. The number of hydrogen-bond acceptors (Lipinski definition) is 3. The van der Waals surface area contributed by atoms with E-state index < -0.39 is 10.0 Å². The van der Waals surface area contributed by atoms with Gasteiger partial charge < -0.3 is 5.32 Å². The molecule has 0 radical (unpaired) electrons. The van der Waals surface area contributed by atoms with E-state index in [1.165, 1.54) is 0 Å². The lowest BCUT2D eigenvalue weighted by Crippen LogP contribution is -2.37. The smallest absolute Gasteiger partial charge is 0.220 e. The third kappa shape index (κ3) is 5.91. The van der Waals surface area contributed by atoms with Gasteiger partial charge in [0.05, 0.1) is 11.8 Å². The van der Waals surface area contributed by atoms with E-state index in [-0.39, 0.29) is 17.7 Å². The Morgan fingerprint density at radius 3 is 2.46 bits per heavy atom. The van der Waals surface area contributed by atoms with E-state index in [1.807, 2.05) is 37.3 Å². The van der Waals surface area contributed by atoms with Crippen LogP contribution in [0.3, 0.4) is 0 Å². The number of sulfonamides is 1. The summed E-state index contributed by atoms with van der Waals surface area (Å²) in [6.45, 7) is 3.25. The Bertz CT molecular complexity index is 610. The van der Waals surface area contributed by atoms with Crippen LogP contribution in [0.1, 0.15) is 57.1 Å². The van der Waals surface area contributed by atoms with Crippen LogP contribution >= 0.6 is 0 Å². The number of carbonyl (C=O) groups excluding carboxylic acids is 1. The zero-order valence-corrected chi connectivity index (χ0v) is 15.2. The number of unbranched alkanes of at least 4 members (excludes halogenated alkanes) is 1. The lowest BCUT2D eigenvalue weighted by Gasteiger charge is -2.25. The van der Waals surface area contributed by atoms with Crippen molar-refractivity contribution in [2.24, 2.45) is 0 Å². The number of benzene rings is 1. The number of nitrogens with zero attached hydrogens (tertiary/aromatic N) is 1. The summed E-state index contributed by atoms with van der Waals surface area (Å²) in [5.41, 5.74) is 1.07. The molecule has 24 heavy (non-hydrogen) atoms. The predicted molar refractivity (Wildman–Crippen MR) is 96.1 cm³/mol. The highest BCUT2D eigenvalue weighted by molar-refractivity contribution is 7.89. The summed E-state index contributed by atoms with van der Waals surface area (Å²) < 4.78 is 26.0. The molecule has 1 atom stereocenters. The van der Waals surface area contributed by atoms with E-state index in [2.05, 4.69) is 5.32 Å². The molecule has 0 saturated carbocycles. The van der Waals surface area contributed by atoms with Crippen LogP contribution in [0.5, 0.6) is 0 Å². The maximum Gasteiger partial charge on any atom is 0.220 e. The fraction of sp³-hybridized carbons (Fsp3) is 0.611. The number of piperidine rings is 1. The van der Waals surface area contributed by atoms with Gasteiger partial charge in [-0.15, -0.1) is 0 Å². The molecular formula is C18H28N2O3S. The van der Waals surface area contributed by atoms with Crippen molar-refractivity contribution in [1.82, 2.24) is 9.62 Å². The number of hydrogen-bond donors (Lipinski definition) is 1. The SMILES string of the molecule is CC(NC(=O)CCCCS(=O)(=O)N1CCCCC1)c1ccccc1. The maximum absolute atomic E-state index is 12.2. The lowest BCUT2D eigenvalue weighted by atomic mass is 10.1. The van der Waals surface area contributed by atoms with Gasteiger partial charge in [0.1, 0.15) is 0 Å². The third-order valence-electron chi connectivity index (χ3n) is 4.44. The third-order valence-corrected chi connectivity index (χ3v) is 6.40. The van der Waals surface area contributed by atoms with Crippen molar-refractivity contribution in [2.45, 2.75) is 51.5 Å². The van der Waals surface area contributed by atoms with Crippen molar-refractivity contribution in [2.75, 3.05) is 18.8 Å². The van der Waals surface area contributed by atoms with Gasteiger partial charge in [-0.05, 0) is 38.2 Å². The summed E-state index contributed by atoms with van der Waals surface area (Å²) in [4.78, 5) is 12.0. The first-order chi connectivity index (χ1) is 11.5. The minimum atomic E-state index is -3.15. The molecule has 2 rings (SSSR count). The molecule has 1 saturated heterocycles. The Morgan fingerprint density at radius 1 is 1.12 bits per heavy atom. The Hall–Kier alpha value is -1.40. The van der Waals surface area contributed by atoms with Gasteiger partial charge in [-0.2, -0.15) is 0 Å². The van der Waals surface area contributed by atoms with Crippen LogP contribution in [0.4, 0.5) is 0 Å². The maximum atomic E-state index is 12.2. The van der Waals surface area contributed by atoms with E-state index in [0.29, 0.717) is 32.4 Å². The molecule has 1 N–H and O–H groups in total. The van der Waals surface area contributed by atoms with Crippen molar-refractivity contribution in [3.63, 3.8) is 0 Å². The number of carbonyl (C=O) groups is 1. The topological polar surface area (TPSA) is 66.5 Å². The molecule has 1 heterocycles. The highest BCUT2D eigenvalue weighted by atomic mass is 32.2. The minimum Gasteiger partial charge on any atom is -0.350 e. The molecule has 1 aromatic carbocycles. The minimum absolute atomic E-state index is 0.0262. The molecule has 134 valence electrons. The highest BCUT2D eigenvalue weighted by Crippen LogP contribution is 2.15. The van der Waals surface area contributed by atoms with Crippen LogP contribution in [0, 0.1) is 0 Å². The monoisotopic (exact) mass is 352 g/mol. The average Bonchev–Trinajstić information content (AvgIpc) is 2.60. The van der Waals surface area contributed by atoms with Gasteiger partial charge in [-0.1, -0.05) is 36.8 Å². The van der Waals surface area contributed by atoms with Gasteiger partial charge in [-0.25, -0.2) is 12.7 Å². The molecule has 1 fully saturated rings. The summed E-state index contributed by atoms with van der Waals surface area (Å²) in [5, 5.41) is 2.96. The van der Waals surface area contributed by atoms with E-state index in [1.54, 1.807) is 4.31 Å². The fourth-order valence-corrected chi connectivity index (χ4v) is 4.62. The van der Waals surface area contributed by atoms with Crippen LogP contribution in [-0.2, 0) is 14.8 Å². The summed E-state index contributed by atoms with van der Waals surface area (Å²) in [6, 6.07) is 9.77. The largest absolute Gasteiger partial charge is 0.350 e. The summed E-state index contributed by atoms with van der Waals surface area (Å²) in [6.07, 6.45) is 4.53. The molecule has 5 nitrogen and oxygen atoms in total. The van der Waals surface area contributed by atoms with Crippen LogP contribution < -0.4 is 5.32 Å². The first kappa shape index (κ1) is 18.9. The number of nitrogens with one attached hydrogen (secondary N) is 1. The average molecular weight is 353 g/mol. The molecule has 1 aliphatic heterocycles. The van der Waals surface area contributed by atoms with Crippen molar-refractivity contribution in [3.8, 4) is 0 Å². The molecular weight excluding hydrogens is 324 g/mol. The van der Waals surface area contributed by atoms with Crippen LogP contribution in [0.2, 0.25) is 0 Å². The Balaban J connectivity index is 1.67. The molecule has 1 aliphatic rings. The molecule has 0 bridgehead atoms. The fourth-order valence-electron chi connectivity index (χ4n) is 2.98. The molecule has 0 aliphatic carbocycles. The van der Waals surface area contributed by atoms with Gasteiger partial charge in [0.15, 0.2) is 0 Å². The second kappa shape index (κ2) is 9.18. The molecule has 1 unspecified atom stereocenters. The zero-order valence-electron chi connectivity index (χ0n) is 14.4. The zero-order chi connectivity index (χ0) is 17.4.